The lowest BCUT2D eigenvalue weighted by Gasteiger charge is -2.11. The quantitative estimate of drug-likeness (QED) is 0.568. The number of nitrogens with one attached hydrogen (secondary N) is 1. The van der Waals surface area contributed by atoms with Crippen molar-refractivity contribution in [3.8, 4) is 22.6 Å². The van der Waals surface area contributed by atoms with Gasteiger partial charge in [0.25, 0.3) is 0 Å². The Morgan fingerprint density at radius 3 is 2.60 bits per heavy atom. The fourth-order valence-corrected chi connectivity index (χ4v) is 2.74. The van der Waals surface area contributed by atoms with Crippen molar-refractivity contribution in [1.82, 2.24) is 9.97 Å². The van der Waals surface area contributed by atoms with Crippen LogP contribution in [0, 0.1) is 0 Å². The number of aromatic amines is 1. The van der Waals surface area contributed by atoms with Crippen molar-refractivity contribution in [2.45, 2.75) is 0 Å². The Hall–Kier alpha value is -3.60. The second kappa shape index (κ2) is 6.13. The van der Waals surface area contributed by atoms with Crippen LogP contribution in [-0.2, 0) is 0 Å². The summed E-state index contributed by atoms with van der Waals surface area (Å²) in [5, 5.41) is 9.88. The van der Waals surface area contributed by atoms with Crippen LogP contribution in [0.25, 0.3) is 22.2 Å². The first-order valence-corrected chi connectivity index (χ1v) is 7.75. The van der Waals surface area contributed by atoms with Crippen molar-refractivity contribution in [2.75, 3.05) is 0 Å². The van der Waals surface area contributed by atoms with E-state index in [1.165, 1.54) is 6.20 Å². The Morgan fingerprint density at radius 2 is 1.80 bits per heavy atom. The number of H-pyrrole nitrogens is 1. The van der Waals surface area contributed by atoms with E-state index in [-0.39, 0.29) is 5.56 Å². The lowest BCUT2D eigenvalue weighted by molar-refractivity contribution is 0.0699. The molecule has 4 aromatic rings. The molecular weight excluding hydrogens is 316 g/mol. The van der Waals surface area contributed by atoms with Crippen molar-refractivity contribution >= 4 is 17.0 Å². The molecule has 2 aromatic heterocycles. The average molecular weight is 330 g/mol. The molecule has 25 heavy (non-hydrogen) atoms. The number of rotatable bonds is 4. The minimum Gasteiger partial charge on any atom is -0.478 e. The summed E-state index contributed by atoms with van der Waals surface area (Å²) in [4.78, 5) is 18.6. The third kappa shape index (κ3) is 2.83. The summed E-state index contributed by atoms with van der Waals surface area (Å²) in [5.74, 6) is 0.429. The topological polar surface area (TPSA) is 75.2 Å². The number of hydrogen-bond donors (Lipinski definition) is 2. The van der Waals surface area contributed by atoms with Gasteiger partial charge in [-0.05, 0) is 24.3 Å². The molecule has 0 fully saturated rings. The highest BCUT2D eigenvalue weighted by molar-refractivity contribution is 6.03. The number of carbonyl (C=O) groups is 1. The summed E-state index contributed by atoms with van der Waals surface area (Å²) in [6.07, 6.45) is 3.16. The third-order valence-corrected chi connectivity index (χ3v) is 3.93. The second-order valence-electron chi connectivity index (χ2n) is 5.54. The largest absolute Gasteiger partial charge is 0.478 e. The van der Waals surface area contributed by atoms with Crippen LogP contribution in [0.4, 0.5) is 0 Å². The first-order chi connectivity index (χ1) is 12.2. The minimum absolute atomic E-state index is 0.200. The molecule has 0 amide bonds. The second-order valence-corrected chi connectivity index (χ2v) is 5.54. The van der Waals surface area contributed by atoms with E-state index >= 15 is 0 Å². The molecule has 0 saturated heterocycles. The zero-order chi connectivity index (χ0) is 17.2. The predicted molar refractivity (Wildman–Crippen MR) is 95.0 cm³/mol. The van der Waals surface area contributed by atoms with Crippen molar-refractivity contribution in [1.29, 1.82) is 0 Å². The summed E-state index contributed by atoms with van der Waals surface area (Å²) >= 11 is 0. The molecule has 0 aliphatic heterocycles. The van der Waals surface area contributed by atoms with Crippen LogP contribution in [0.15, 0.2) is 73.1 Å². The smallest absolute Gasteiger partial charge is 0.337 e. The summed E-state index contributed by atoms with van der Waals surface area (Å²) in [6, 6.07) is 18.9. The molecule has 2 aromatic carbocycles. The van der Waals surface area contributed by atoms with E-state index in [1.807, 2.05) is 60.7 Å². The van der Waals surface area contributed by atoms with Gasteiger partial charge in [0.2, 0.25) is 0 Å². The number of nitrogens with zero attached hydrogens (tertiary/aromatic N) is 1. The number of aromatic carboxylic acids is 1. The third-order valence-electron chi connectivity index (χ3n) is 3.93. The van der Waals surface area contributed by atoms with E-state index in [2.05, 4.69) is 9.97 Å². The number of ether oxygens (including phenoxy) is 1. The van der Waals surface area contributed by atoms with Gasteiger partial charge in [-0.3, -0.25) is 0 Å². The van der Waals surface area contributed by atoms with Crippen molar-refractivity contribution in [3.05, 3.63) is 78.6 Å². The fourth-order valence-electron chi connectivity index (χ4n) is 2.74. The summed E-state index contributed by atoms with van der Waals surface area (Å²) in [5.41, 5.74) is 2.38. The number of aromatic nitrogens is 2. The van der Waals surface area contributed by atoms with Crippen molar-refractivity contribution < 1.29 is 14.6 Å². The lowest BCUT2D eigenvalue weighted by Crippen LogP contribution is -1.94. The zero-order valence-corrected chi connectivity index (χ0v) is 13.1. The molecule has 5 heteroatoms. The van der Waals surface area contributed by atoms with E-state index in [9.17, 15) is 9.90 Å². The van der Waals surface area contributed by atoms with Gasteiger partial charge in [-0.25, -0.2) is 9.78 Å². The fraction of sp³-hybridized carbons (Fsp3) is 0. The van der Waals surface area contributed by atoms with Crippen LogP contribution in [0.2, 0.25) is 0 Å². The standard InChI is InChI=1S/C20H14N2O3/c23-20(24)17-12-22-19-16(17)10-13(11-21-19)15-8-4-5-9-18(15)25-14-6-2-1-3-7-14/h1-12H,(H,21,22)(H,23,24). The Balaban J connectivity index is 1.81. The van der Waals surface area contributed by atoms with Crippen LogP contribution < -0.4 is 4.74 Å². The number of pyridine rings is 1. The van der Waals surface area contributed by atoms with Crippen LogP contribution in [0.3, 0.4) is 0 Å². The number of carboxylic acids is 1. The summed E-state index contributed by atoms with van der Waals surface area (Å²) in [7, 11) is 0. The minimum atomic E-state index is -0.987. The van der Waals surface area contributed by atoms with Gasteiger partial charge in [-0.1, -0.05) is 36.4 Å². The molecule has 0 spiro atoms. The molecule has 122 valence electrons. The molecule has 0 atom stereocenters. The first-order valence-electron chi connectivity index (χ1n) is 7.75. The highest BCUT2D eigenvalue weighted by Crippen LogP contribution is 2.34. The molecule has 2 heterocycles. The Bertz CT molecular complexity index is 1050. The van der Waals surface area contributed by atoms with Gasteiger partial charge < -0.3 is 14.8 Å². The molecule has 0 bridgehead atoms. The molecule has 0 aliphatic rings. The SMILES string of the molecule is O=C(O)c1c[nH]c2ncc(-c3ccccc3Oc3ccccc3)cc12. The maximum absolute atomic E-state index is 11.4. The van der Waals surface area contributed by atoms with Gasteiger partial charge in [0, 0.05) is 28.9 Å². The van der Waals surface area contributed by atoms with Gasteiger partial charge in [-0.15, -0.1) is 0 Å². The number of para-hydroxylation sites is 2. The van der Waals surface area contributed by atoms with Crippen molar-refractivity contribution in [3.63, 3.8) is 0 Å². The van der Waals surface area contributed by atoms with E-state index in [4.69, 9.17) is 4.74 Å². The van der Waals surface area contributed by atoms with E-state index in [1.54, 1.807) is 6.20 Å². The van der Waals surface area contributed by atoms with Gasteiger partial charge in [-0.2, -0.15) is 0 Å². The Labute approximate surface area is 143 Å². The number of benzene rings is 2. The molecular formula is C20H14N2O3. The van der Waals surface area contributed by atoms with E-state index in [0.717, 1.165) is 16.9 Å². The number of carboxylic acid groups (broad SMARTS) is 1. The highest BCUT2D eigenvalue weighted by atomic mass is 16.5. The van der Waals surface area contributed by atoms with Crippen LogP contribution in [0.1, 0.15) is 10.4 Å². The van der Waals surface area contributed by atoms with Crippen LogP contribution in [-0.4, -0.2) is 21.0 Å². The zero-order valence-electron chi connectivity index (χ0n) is 13.1. The van der Waals surface area contributed by atoms with E-state index < -0.39 is 5.97 Å². The molecule has 2 N–H and O–H groups in total. The molecule has 0 saturated carbocycles. The van der Waals surface area contributed by atoms with Crippen LogP contribution in [0.5, 0.6) is 11.5 Å². The highest BCUT2D eigenvalue weighted by Gasteiger charge is 2.14. The molecule has 0 unspecified atom stereocenters. The van der Waals surface area contributed by atoms with Gasteiger partial charge in [0.15, 0.2) is 0 Å². The predicted octanol–water partition coefficient (Wildman–Crippen LogP) is 4.72. The Morgan fingerprint density at radius 1 is 1.04 bits per heavy atom. The monoisotopic (exact) mass is 330 g/mol. The van der Waals surface area contributed by atoms with Gasteiger partial charge in [0.05, 0.1) is 5.56 Å². The molecule has 0 radical (unpaired) electrons. The van der Waals surface area contributed by atoms with Gasteiger partial charge >= 0.3 is 5.97 Å². The first kappa shape index (κ1) is 15.0. The summed E-state index contributed by atoms with van der Waals surface area (Å²) in [6.45, 7) is 0. The summed E-state index contributed by atoms with van der Waals surface area (Å²) < 4.78 is 5.98. The average Bonchev–Trinajstić information content (AvgIpc) is 3.06. The number of hydrogen-bond acceptors (Lipinski definition) is 3. The maximum atomic E-state index is 11.4. The molecule has 0 aliphatic carbocycles. The normalized spacial score (nSPS) is 10.7. The van der Waals surface area contributed by atoms with Crippen LogP contribution >= 0.6 is 0 Å². The number of fused-ring (bicyclic) bond motifs is 1. The molecule has 4 rings (SSSR count). The molecule has 5 nitrogen and oxygen atoms in total. The van der Waals surface area contributed by atoms with E-state index in [0.29, 0.717) is 16.8 Å². The maximum Gasteiger partial charge on any atom is 0.337 e. The van der Waals surface area contributed by atoms with Crippen molar-refractivity contribution in [2.24, 2.45) is 0 Å². The van der Waals surface area contributed by atoms with Gasteiger partial charge in [0.1, 0.15) is 17.1 Å². The Kier molecular flexibility index (Phi) is 3.67. The lowest BCUT2D eigenvalue weighted by atomic mass is 10.0.